The lowest BCUT2D eigenvalue weighted by Crippen LogP contribution is -2.45. The first-order valence-electron chi connectivity index (χ1n) is 6.50. The summed E-state index contributed by atoms with van der Waals surface area (Å²) in [7, 11) is 0. The molecule has 0 aromatic heterocycles. The smallest absolute Gasteiger partial charge is 0.236 e. The highest BCUT2D eigenvalue weighted by Crippen LogP contribution is 2.23. The molecule has 1 fully saturated rings. The molecule has 100 valence electrons. The first-order valence-corrected chi connectivity index (χ1v) is 6.50. The van der Waals surface area contributed by atoms with Crippen LogP contribution in [0.3, 0.4) is 0 Å². The molecule has 0 N–H and O–H groups in total. The molecule has 1 saturated heterocycles. The summed E-state index contributed by atoms with van der Waals surface area (Å²) < 4.78 is 0. The first kappa shape index (κ1) is 14.6. The molecular formula is C14H21NO3. The minimum absolute atomic E-state index is 0.0605. The highest BCUT2D eigenvalue weighted by Gasteiger charge is 2.32. The van der Waals surface area contributed by atoms with Crippen LogP contribution in [0.5, 0.6) is 0 Å². The molecule has 1 atom stereocenters. The van der Waals surface area contributed by atoms with Crippen molar-refractivity contribution < 1.29 is 14.4 Å². The zero-order valence-electron chi connectivity index (χ0n) is 11.0. The van der Waals surface area contributed by atoms with Gasteiger partial charge in [-0.2, -0.15) is 0 Å². The normalized spacial score (nSPS) is 19.7. The van der Waals surface area contributed by atoms with Crippen LogP contribution in [0, 0.1) is 5.92 Å². The fourth-order valence-corrected chi connectivity index (χ4v) is 2.28. The second kappa shape index (κ2) is 7.09. The molecule has 0 aliphatic carbocycles. The number of hydrogen-bond donors (Lipinski definition) is 0. The Balaban J connectivity index is 2.54. The zero-order valence-corrected chi connectivity index (χ0v) is 11.0. The van der Waals surface area contributed by atoms with E-state index in [0.29, 0.717) is 6.54 Å². The number of amides is 2. The fraction of sp³-hybridized carbons (Fsp3) is 0.643. The highest BCUT2D eigenvalue weighted by molar-refractivity contribution is 6.04. The number of rotatable bonds is 6. The molecule has 0 aromatic carbocycles. The number of carbonyl (C=O) groups excluding carboxylic acids is 3. The predicted molar refractivity (Wildman–Crippen MR) is 68.8 cm³/mol. The number of Topliss-reactive ketones (excluding diaryl/α,β-unsaturated/α-hetero) is 1. The van der Waals surface area contributed by atoms with Crippen LogP contribution in [0.25, 0.3) is 0 Å². The van der Waals surface area contributed by atoms with E-state index in [4.69, 9.17) is 0 Å². The van der Waals surface area contributed by atoms with Gasteiger partial charge in [-0.1, -0.05) is 6.08 Å². The van der Waals surface area contributed by atoms with Gasteiger partial charge < -0.3 is 0 Å². The van der Waals surface area contributed by atoms with E-state index in [1.165, 1.54) is 11.8 Å². The number of carbonyl (C=O) groups is 3. The van der Waals surface area contributed by atoms with Crippen molar-refractivity contribution in [3.05, 3.63) is 12.7 Å². The summed E-state index contributed by atoms with van der Waals surface area (Å²) in [6.45, 7) is 5.48. The molecule has 2 amide bonds. The van der Waals surface area contributed by atoms with Gasteiger partial charge >= 0.3 is 0 Å². The summed E-state index contributed by atoms with van der Waals surface area (Å²) in [4.78, 5) is 36.1. The zero-order chi connectivity index (χ0) is 13.5. The minimum atomic E-state index is -0.346. The van der Waals surface area contributed by atoms with Crippen molar-refractivity contribution in [2.24, 2.45) is 5.92 Å². The average molecular weight is 251 g/mol. The summed E-state index contributed by atoms with van der Waals surface area (Å²) in [6, 6.07) is 0. The van der Waals surface area contributed by atoms with Crippen molar-refractivity contribution in [2.45, 2.75) is 45.4 Å². The molecule has 0 aromatic rings. The van der Waals surface area contributed by atoms with Crippen LogP contribution >= 0.6 is 0 Å². The quantitative estimate of drug-likeness (QED) is 0.412. The molecule has 4 nitrogen and oxygen atoms in total. The molecule has 1 heterocycles. The third-order valence-electron chi connectivity index (χ3n) is 3.21. The van der Waals surface area contributed by atoms with Crippen LogP contribution in [0.1, 0.15) is 45.4 Å². The maximum atomic E-state index is 12.1. The van der Waals surface area contributed by atoms with Gasteiger partial charge in [0.15, 0.2) is 0 Å². The molecule has 1 aliphatic rings. The average Bonchev–Trinajstić information content (AvgIpc) is 2.30. The Morgan fingerprint density at radius 1 is 1.50 bits per heavy atom. The monoisotopic (exact) mass is 251 g/mol. The third kappa shape index (κ3) is 4.09. The summed E-state index contributed by atoms with van der Waals surface area (Å²) in [5.41, 5.74) is 0. The van der Waals surface area contributed by atoms with Crippen LogP contribution in [-0.2, 0) is 14.4 Å². The summed E-state index contributed by atoms with van der Waals surface area (Å²) >= 11 is 0. The molecule has 0 spiro atoms. The largest absolute Gasteiger partial charge is 0.299 e. The maximum absolute atomic E-state index is 12.1. The topological polar surface area (TPSA) is 54.5 Å². The van der Waals surface area contributed by atoms with Crippen molar-refractivity contribution in [1.82, 2.24) is 4.90 Å². The molecule has 0 bridgehead atoms. The molecule has 1 unspecified atom stereocenters. The second-order valence-corrected chi connectivity index (χ2v) is 4.82. The maximum Gasteiger partial charge on any atom is 0.236 e. The van der Waals surface area contributed by atoms with E-state index in [9.17, 15) is 14.4 Å². The van der Waals surface area contributed by atoms with E-state index < -0.39 is 0 Å². The summed E-state index contributed by atoms with van der Waals surface area (Å²) in [5.74, 6) is -0.700. The third-order valence-corrected chi connectivity index (χ3v) is 3.21. The van der Waals surface area contributed by atoms with Gasteiger partial charge in [-0.05, 0) is 39.0 Å². The number of imide groups is 1. The van der Waals surface area contributed by atoms with Gasteiger partial charge in [0.25, 0.3) is 0 Å². The molecule has 0 saturated carbocycles. The van der Waals surface area contributed by atoms with Gasteiger partial charge in [-0.15, -0.1) is 6.58 Å². The van der Waals surface area contributed by atoms with E-state index in [0.717, 1.165) is 32.1 Å². The lowest BCUT2D eigenvalue weighted by molar-refractivity contribution is -0.150. The Labute approximate surface area is 108 Å². The number of hydrogen-bond acceptors (Lipinski definition) is 3. The summed E-state index contributed by atoms with van der Waals surface area (Å²) in [5, 5.41) is 0. The lowest BCUT2D eigenvalue weighted by atomic mass is 9.91. The lowest BCUT2D eigenvalue weighted by Gasteiger charge is -2.30. The number of piperidine rings is 1. The van der Waals surface area contributed by atoms with Gasteiger partial charge in [0.1, 0.15) is 5.78 Å². The highest BCUT2D eigenvalue weighted by atomic mass is 16.2. The van der Waals surface area contributed by atoms with E-state index in [2.05, 4.69) is 6.58 Å². The van der Waals surface area contributed by atoms with Crippen LogP contribution in [0.4, 0.5) is 0 Å². The molecular weight excluding hydrogens is 230 g/mol. The minimum Gasteiger partial charge on any atom is -0.299 e. The van der Waals surface area contributed by atoms with Crippen molar-refractivity contribution >= 4 is 17.6 Å². The molecule has 0 radical (unpaired) electrons. The van der Waals surface area contributed by atoms with Crippen LogP contribution in [-0.4, -0.2) is 29.0 Å². The van der Waals surface area contributed by atoms with E-state index >= 15 is 0 Å². The Kier molecular flexibility index (Phi) is 5.75. The van der Waals surface area contributed by atoms with Gasteiger partial charge in [0, 0.05) is 12.5 Å². The SMILES string of the molecule is C=CCCCC1CCCN(C(=O)CC(C)=O)C1=O. The number of ketones is 1. The van der Waals surface area contributed by atoms with Gasteiger partial charge in [-0.25, -0.2) is 0 Å². The van der Waals surface area contributed by atoms with Crippen molar-refractivity contribution in [3.8, 4) is 0 Å². The molecule has 1 rings (SSSR count). The van der Waals surface area contributed by atoms with E-state index in [1.807, 2.05) is 6.08 Å². The molecule has 4 heteroatoms. The van der Waals surface area contributed by atoms with Crippen molar-refractivity contribution in [2.75, 3.05) is 6.54 Å². The Morgan fingerprint density at radius 2 is 2.22 bits per heavy atom. The predicted octanol–water partition coefficient (Wildman–Crippen LogP) is 2.09. The first-order chi connectivity index (χ1) is 8.56. The van der Waals surface area contributed by atoms with E-state index in [-0.39, 0.29) is 29.9 Å². The van der Waals surface area contributed by atoms with Gasteiger partial charge in [0.05, 0.1) is 6.42 Å². The van der Waals surface area contributed by atoms with Crippen molar-refractivity contribution in [3.63, 3.8) is 0 Å². The van der Waals surface area contributed by atoms with Crippen molar-refractivity contribution in [1.29, 1.82) is 0 Å². The molecule has 1 aliphatic heterocycles. The van der Waals surface area contributed by atoms with E-state index in [1.54, 1.807) is 0 Å². The van der Waals surface area contributed by atoms with Crippen LogP contribution < -0.4 is 0 Å². The summed E-state index contributed by atoms with van der Waals surface area (Å²) in [6.07, 6.45) is 5.99. The van der Waals surface area contributed by atoms with Gasteiger partial charge in [-0.3, -0.25) is 19.3 Å². The number of likely N-dealkylation sites (tertiary alicyclic amines) is 1. The Bertz CT molecular complexity index is 349. The second-order valence-electron chi connectivity index (χ2n) is 4.82. The molecule has 18 heavy (non-hydrogen) atoms. The fourth-order valence-electron chi connectivity index (χ4n) is 2.28. The van der Waals surface area contributed by atoms with Gasteiger partial charge in [0.2, 0.25) is 11.8 Å². The Hall–Kier alpha value is -1.45. The number of allylic oxidation sites excluding steroid dienone is 1. The number of unbranched alkanes of at least 4 members (excludes halogenated alkanes) is 1. The van der Waals surface area contributed by atoms with Crippen LogP contribution in [0.15, 0.2) is 12.7 Å². The number of nitrogens with zero attached hydrogens (tertiary/aromatic N) is 1. The Morgan fingerprint density at radius 3 is 2.83 bits per heavy atom. The standard InChI is InChI=1S/C14H21NO3/c1-3-4-5-7-12-8-6-9-15(14(12)18)13(17)10-11(2)16/h3,12H,1,4-10H2,2H3. The van der Waals surface area contributed by atoms with Crippen LogP contribution in [0.2, 0.25) is 0 Å².